The van der Waals surface area contributed by atoms with Crippen molar-refractivity contribution in [3.05, 3.63) is 29.8 Å². The monoisotopic (exact) mass is 191 g/mol. The van der Waals surface area contributed by atoms with Crippen molar-refractivity contribution in [3.63, 3.8) is 0 Å². The lowest BCUT2D eigenvalue weighted by Crippen LogP contribution is -2.36. The van der Waals surface area contributed by atoms with Crippen molar-refractivity contribution in [1.29, 1.82) is 0 Å². The van der Waals surface area contributed by atoms with Gasteiger partial charge in [0.2, 0.25) is 0 Å². The number of hydrogen-bond donors (Lipinski definition) is 1. The molecule has 1 aliphatic heterocycles. The molecule has 0 saturated carbocycles. The second-order valence-electron chi connectivity index (χ2n) is 3.07. The van der Waals surface area contributed by atoms with Crippen molar-refractivity contribution in [2.75, 3.05) is 0 Å². The summed E-state index contributed by atoms with van der Waals surface area (Å²) >= 11 is 0. The summed E-state index contributed by atoms with van der Waals surface area (Å²) in [5.41, 5.74) is 0.394. The SMILES string of the molecule is C[C@@H]1Oc2ccccc2C(=O)NC1=O. The summed E-state index contributed by atoms with van der Waals surface area (Å²) < 4.78 is 5.31. The summed E-state index contributed by atoms with van der Waals surface area (Å²) in [6, 6.07) is 6.77. The van der Waals surface area contributed by atoms with Crippen LogP contribution >= 0.6 is 0 Å². The lowest BCUT2D eigenvalue weighted by molar-refractivity contribution is -0.125. The van der Waals surface area contributed by atoms with E-state index in [0.717, 1.165) is 0 Å². The molecule has 1 N–H and O–H groups in total. The molecule has 0 unspecified atom stereocenters. The standard InChI is InChI=1S/C10H9NO3/c1-6-9(12)11-10(13)7-4-2-3-5-8(7)14-6/h2-6H,1H3,(H,11,12,13)/t6-/m0/s1. The van der Waals surface area contributed by atoms with Crippen LogP contribution in [0.1, 0.15) is 17.3 Å². The fourth-order valence-electron chi connectivity index (χ4n) is 1.28. The molecular weight excluding hydrogens is 182 g/mol. The van der Waals surface area contributed by atoms with Gasteiger partial charge in [0.05, 0.1) is 5.56 Å². The second kappa shape index (κ2) is 3.14. The Morgan fingerprint density at radius 3 is 2.79 bits per heavy atom. The van der Waals surface area contributed by atoms with E-state index >= 15 is 0 Å². The molecule has 0 fully saturated rings. The highest BCUT2D eigenvalue weighted by atomic mass is 16.5. The van der Waals surface area contributed by atoms with Crippen LogP contribution in [0.15, 0.2) is 24.3 Å². The van der Waals surface area contributed by atoms with Gasteiger partial charge in [0.15, 0.2) is 6.10 Å². The van der Waals surface area contributed by atoms with Crippen molar-refractivity contribution in [1.82, 2.24) is 5.32 Å². The van der Waals surface area contributed by atoms with Gasteiger partial charge in [-0.25, -0.2) is 0 Å². The zero-order valence-corrected chi connectivity index (χ0v) is 7.61. The number of carbonyl (C=O) groups is 2. The highest BCUT2D eigenvalue weighted by Crippen LogP contribution is 2.21. The molecule has 2 amide bonds. The van der Waals surface area contributed by atoms with E-state index in [0.29, 0.717) is 11.3 Å². The van der Waals surface area contributed by atoms with Gasteiger partial charge in [0.1, 0.15) is 5.75 Å². The maximum atomic E-state index is 11.4. The molecule has 0 aliphatic carbocycles. The van der Waals surface area contributed by atoms with Crippen molar-refractivity contribution < 1.29 is 14.3 Å². The largest absolute Gasteiger partial charge is 0.480 e. The van der Waals surface area contributed by atoms with Crippen LogP contribution in [0.5, 0.6) is 5.75 Å². The number of para-hydroxylation sites is 1. The minimum absolute atomic E-state index is 0.394. The van der Waals surface area contributed by atoms with E-state index in [1.165, 1.54) is 0 Å². The molecule has 0 spiro atoms. The third kappa shape index (κ3) is 1.35. The molecule has 2 rings (SSSR count). The summed E-state index contributed by atoms with van der Waals surface area (Å²) in [5, 5.41) is 2.24. The van der Waals surface area contributed by atoms with Gasteiger partial charge in [0.25, 0.3) is 11.8 Å². The van der Waals surface area contributed by atoms with Crippen LogP contribution in [-0.2, 0) is 4.79 Å². The molecule has 0 aromatic heterocycles. The quantitative estimate of drug-likeness (QED) is 0.615. The number of rotatable bonds is 0. The lowest BCUT2D eigenvalue weighted by Gasteiger charge is -2.09. The van der Waals surface area contributed by atoms with Gasteiger partial charge in [0, 0.05) is 0 Å². The fourth-order valence-corrected chi connectivity index (χ4v) is 1.28. The molecule has 1 aliphatic rings. The molecule has 0 saturated heterocycles. The van der Waals surface area contributed by atoms with Crippen LogP contribution in [0.4, 0.5) is 0 Å². The first-order valence-electron chi connectivity index (χ1n) is 4.29. The Hall–Kier alpha value is -1.84. The zero-order chi connectivity index (χ0) is 10.1. The second-order valence-corrected chi connectivity index (χ2v) is 3.07. The number of nitrogens with one attached hydrogen (secondary N) is 1. The van der Waals surface area contributed by atoms with E-state index in [-0.39, 0.29) is 0 Å². The van der Waals surface area contributed by atoms with E-state index in [1.807, 2.05) is 0 Å². The van der Waals surface area contributed by atoms with Crippen LogP contribution < -0.4 is 10.1 Å². The maximum absolute atomic E-state index is 11.4. The molecule has 0 bridgehead atoms. The van der Waals surface area contributed by atoms with Crippen LogP contribution in [0.2, 0.25) is 0 Å². The highest BCUT2D eigenvalue weighted by molar-refractivity contribution is 6.08. The van der Waals surface area contributed by atoms with E-state index in [9.17, 15) is 9.59 Å². The first-order chi connectivity index (χ1) is 6.68. The maximum Gasteiger partial charge on any atom is 0.267 e. The fraction of sp³-hybridized carbons (Fsp3) is 0.200. The molecule has 4 nitrogen and oxygen atoms in total. The lowest BCUT2D eigenvalue weighted by atomic mass is 10.2. The van der Waals surface area contributed by atoms with Gasteiger partial charge >= 0.3 is 0 Å². The smallest absolute Gasteiger partial charge is 0.267 e. The molecule has 1 atom stereocenters. The van der Waals surface area contributed by atoms with Crippen LogP contribution in [0.25, 0.3) is 0 Å². The third-order valence-electron chi connectivity index (χ3n) is 2.04. The first-order valence-corrected chi connectivity index (χ1v) is 4.29. The summed E-state index contributed by atoms with van der Waals surface area (Å²) in [7, 11) is 0. The Bertz CT molecular complexity index is 400. The molecule has 4 heteroatoms. The summed E-state index contributed by atoms with van der Waals surface area (Å²) in [6.07, 6.45) is -0.636. The van der Waals surface area contributed by atoms with Crippen molar-refractivity contribution in [2.24, 2.45) is 0 Å². The molecule has 1 aromatic carbocycles. The van der Waals surface area contributed by atoms with Gasteiger partial charge in [-0.05, 0) is 19.1 Å². The van der Waals surface area contributed by atoms with Crippen LogP contribution in [0, 0.1) is 0 Å². The number of fused-ring (bicyclic) bond motifs is 1. The highest BCUT2D eigenvalue weighted by Gasteiger charge is 2.25. The third-order valence-corrected chi connectivity index (χ3v) is 2.04. The Kier molecular flexibility index (Phi) is 1.96. The van der Waals surface area contributed by atoms with Gasteiger partial charge in [-0.15, -0.1) is 0 Å². The topological polar surface area (TPSA) is 55.4 Å². The van der Waals surface area contributed by atoms with Crippen molar-refractivity contribution in [2.45, 2.75) is 13.0 Å². The van der Waals surface area contributed by atoms with Gasteiger partial charge < -0.3 is 4.74 Å². The van der Waals surface area contributed by atoms with Gasteiger partial charge in [-0.3, -0.25) is 14.9 Å². The van der Waals surface area contributed by atoms with E-state index in [1.54, 1.807) is 31.2 Å². The summed E-state index contributed by atoms with van der Waals surface area (Å²) in [4.78, 5) is 22.7. The average molecular weight is 191 g/mol. The average Bonchev–Trinajstić information content (AvgIpc) is 2.27. The summed E-state index contributed by atoms with van der Waals surface area (Å²) in [6.45, 7) is 1.60. The molecule has 14 heavy (non-hydrogen) atoms. The Morgan fingerprint density at radius 2 is 2.00 bits per heavy atom. The number of amides is 2. The molecule has 0 radical (unpaired) electrons. The summed E-state index contributed by atoms with van der Waals surface area (Å²) in [5.74, 6) is -0.371. The Labute approximate surface area is 80.9 Å². The predicted octanol–water partition coefficient (Wildman–Crippen LogP) is 0.724. The van der Waals surface area contributed by atoms with Crippen molar-refractivity contribution in [3.8, 4) is 5.75 Å². The molecule has 1 aromatic rings. The minimum Gasteiger partial charge on any atom is -0.480 e. The van der Waals surface area contributed by atoms with Crippen molar-refractivity contribution >= 4 is 11.8 Å². The molecule has 72 valence electrons. The van der Waals surface area contributed by atoms with E-state index < -0.39 is 17.9 Å². The number of carbonyl (C=O) groups excluding carboxylic acids is 2. The number of imide groups is 1. The minimum atomic E-state index is -0.636. The number of ether oxygens (including phenoxy) is 1. The Morgan fingerprint density at radius 1 is 1.29 bits per heavy atom. The van der Waals surface area contributed by atoms with E-state index in [2.05, 4.69) is 5.32 Å². The van der Waals surface area contributed by atoms with Gasteiger partial charge in [-0.1, -0.05) is 12.1 Å². The predicted molar refractivity (Wildman–Crippen MR) is 49.0 cm³/mol. The molecular formula is C10H9NO3. The normalized spacial score (nSPS) is 20.5. The van der Waals surface area contributed by atoms with Crippen LogP contribution in [0.3, 0.4) is 0 Å². The number of hydrogen-bond acceptors (Lipinski definition) is 3. The first kappa shape index (κ1) is 8.74. The zero-order valence-electron chi connectivity index (χ0n) is 7.61. The Balaban J connectivity index is 2.48. The molecule has 1 heterocycles. The van der Waals surface area contributed by atoms with E-state index in [4.69, 9.17) is 4.74 Å². The van der Waals surface area contributed by atoms with Gasteiger partial charge in [-0.2, -0.15) is 0 Å². The van der Waals surface area contributed by atoms with Crippen LogP contribution in [-0.4, -0.2) is 17.9 Å². The number of benzene rings is 1.